The highest BCUT2D eigenvalue weighted by Gasteiger charge is 2.37. The first-order valence-electron chi connectivity index (χ1n) is 13.2. The normalized spacial score (nSPS) is 14.0. The van der Waals surface area contributed by atoms with Crippen molar-refractivity contribution >= 4 is 73.1 Å². The van der Waals surface area contributed by atoms with Crippen molar-refractivity contribution in [3.63, 3.8) is 0 Å². The van der Waals surface area contributed by atoms with Gasteiger partial charge in [0.1, 0.15) is 11.3 Å². The van der Waals surface area contributed by atoms with Crippen LogP contribution in [-0.2, 0) is 14.4 Å². The lowest BCUT2D eigenvalue weighted by atomic mass is 10.1. The molecule has 4 rings (SSSR count). The fourth-order valence-electron chi connectivity index (χ4n) is 4.26. The van der Waals surface area contributed by atoms with E-state index in [9.17, 15) is 19.2 Å². The fraction of sp³-hybridized carbons (Fsp3) is 0.226. The molecule has 0 radical (unpaired) electrons. The summed E-state index contributed by atoms with van der Waals surface area (Å²) < 4.78 is 17.7. The topological polar surface area (TPSA) is 123 Å². The van der Waals surface area contributed by atoms with Gasteiger partial charge in [-0.3, -0.25) is 19.7 Å². The third-order valence-corrected chi connectivity index (χ3v) is 7.48. The van der Waals surface area contributed by atoms with E-state index in [2.05, 4.69) is 42.5 Å². The maximum Gasteiger partial charge on any atom is 0.335 e. The van der Waals surface area contributed by atoms with Crippen molar-refractivity contribution in [3.05, 3.63) is 79.7 Å². The zero-order valence-corrected chi connectivity index (χ0v) is 27.1. The smallest absolute Gasteiger partial charge is 0.335 e. The zero-order chi connectivity index (χ0) is 31.3. The summed E-state index contributed by atoms with van der Waals surface area (Å²) >= 11 is 6.87. The summed E-state index contributed by atoms with van der Waals surface area (Å²) in [6.45, 7) is 6.06. The van der Waals surface area contributed by atoms with Crippen LogP contribution in [0.1, 0.15) is 30.0 Å². The minimum absolute atomic E-state index is 0.201. The standard InChI is InChI=1S/C31H29Br2N3O7/c1-5-10-42-25-9-7-20(15-26(25)41-4)36-30(39)21(29(38)35-31(36)40)12-19-13-22(32)28(23(33)14-19)43-16-27(37)34-24-8-6-17(2)11-18(24)3/h6-9,11-15H,5,10,16H2,1-4H3,(H,34,37)(H,35,38,40)/b21-12-. The summed E-state index contributed by atoms with van der Waals surface area (Å²) in [4.78, 5) is 52.2. The van der Waals surface area contributed by atoms with Crippen LogP contribution < -0.4 is 29.7 Å². The van der Waals surface area contributed by atoms with Crippen molar-refractivity contribution in [3.8, 4) is 17.2 Å². The van der Waals surface area contributed by atoms with Gasteiger partial charge in [0.2, 0.25) is 0 Å². The highest BCUT2D eigenvalue weighted by molar-refractivity contribution is 9.11. The van der Waals surface area contributed by atoms with Gasteiger partial charge in [-0.15, -0.1) is 0 Å². The van der Waals surface area contributed by atoms with Gasteiger partial charge in [0.05, 0.1) is 28.3 Å². The zero-order valence-electron chi connectivity index (χ0n) is 23.9. The number of anilines is 2. The summed E-state index contributed by atoms with van der Waals surface area (Å²) in [7, 11) is 1.45. The minimum Gasteiger partial charge on any atom is -0.493 e. The molecule has 43 heavy (non-hydrogen) atoms. The second-order valence-electron chi connectivity index (χ2n) is 9.61. The summed E-state index contributed by atoms with van der Waals surface area (Å²) in [6.07, 6.45) is 2.15. The maximum atomic E-state index is 13.4. The second kappa shape index (κ2) is 13.9. The predicted octanol–water partition coefficient (Wildman–Crippen LogP) is 6.31. The molecule has 3 aromatic rings. The molecule has 1 fully saturated rings. The lowest BCUT2D eigenvalue weighted by Gasteiger charge is -2.27. The molecule has 1 aliphatic heterocycles. The van der Waals surface area contributed by atoms with Gasteiger partial charge in [-0.25, -0.2) is 9.69 Å². The largest absolute Gasteiger partial charge is 0.493 e. The first-order chi connectivity index (χ1) is 20.5. The Kier molecular flexibility index (Phi) is 10.3. The summed E-state index contributed by atoms with van der Waals surface area (Å²) in [6, 6.07) is 12.7. The van der Waals surface area contributed by atoms with Gasteiger partial charge in [0.25, 0.3) is 17.7 Å². The van der Waals surface area contributed by atoms with Crippen LogP contribution in [-0.4, -0.2) is 44.1 Å². The van der Waals surface area contributed by atoms with Crippen LogP contribution in [0.3, 0.4) is 0 Å². The summed E-state index contributed by atoms with van der Waals surface area (Å²) in [5.74, 6) is -0.838. The van der Waals surface area contributed by atoms with Gasteiger partial charge in [-0.05, 0) is 99.7 Å². The number of barbiturate groups is 1. The van der Waals surface area contributed by atoms with Gasteiger partial charge in [0, 0.05) is 11.8 Å². The predicted molar refractivity (Wildman–Crippen MR) is 170 cm³/mol. The van der Waals surface area contributed by atoms with E-state index in [1.54, 1.807) is 18.2 Å². The Morgan fingerprint density at radius 1 is 0.977 bits per heavy atom. The number of rotatable bonds is 10. The number of urea groups is 1. The van der Waals surface area contributed by atoms with Gasteiger partial charge in [0.15, 0.2) is 18.1 Å². The van der Waals surface area contributed by atoms with E-state index in [4.69, 9.17) is 14.2 Å². The second-order valence-corrected chi connectivity index (χ2v) is 11.3. The lowest BCUT2D eigenvalue weighted by molar-refractivity contribution is -0.122. The molecule has 10 nitrogen and oxygen atoms in total. The number of ether oxygens (including phenoxy) is 3. The molecule has 0 bridgehead atoms. The number of benzene rings is 3. The maximum absolute atomic E-state index is 13.4. The number of carbonyl (C=O) groups is 4. The Bertz CT molecular complexity index is 1610. The van der Waals surface area contributed by atoms with E-state index in [-0.39, 0.29) is 23.8 Å². The Hall–Kier alpha value is -4.16. The van der Waals surface area contributed by atoms with Crippen LogP contribution in [0.25, 0.3) is 6.08 Å². The number of halogens is 2. The summed E-state index contributed by atoms with van der Waals surface area (Å²) in [5.41, 5.74) is 3.12. The molecular formula is C31H29Br2N3O7. The van der Waals surface area contributed by atoms with Gasteiger partial charge < -0.3 is 19.5 Å². The molecule has 5 amide bonds. The average Bonchev–Trinajstić information content (AvgIpc) is 2.95. The number of aryl methyl sites for hydroxylation is 2. The third-order valence-electron chi connectivity index (χ3n) is 6.30. The van der Waals surface area contributed by atoms with E-state index in [1.165, 1.54) is 25.3 Å². The molecule has 224 valence electrons. The van der Waals surface area contributed by atoms with E-state index >= 15 is 0 Å². The Morgan fingerprint density at radius 3 is 2.35 bits per heavy atom. The molecule has 0 aliphatic carbocycles. The van der Waals surface area contributed by atoms with Crippen LogP contribution in [0.2, 0.25) is 0 Å². The summed E-state index contributed by atoms with van der Waals surface area (Å²) in [5, 5.41) is 5.04. The van der Waals surface area contributed by atoms with Crippen LogP contribution in [0.15, 0.2) is 63.0 Å². The number of methoxy groups -OCH3 is 1. The van der Waals surface area contributed by atoms with Crippen molar-refractivity contribution < 1.29 is 33.4 Å². The van der Waals surface area contributed by atoms with Crippen LogP contribution >= 0.6 is 31.9 Å². The lowest BCUT2D eigenvalue weighted by Crippen LogP contribution is -2.54. The molecule has 1 heterocycles. The van der Waals surface area contributed by atoms with Gasteiger partial charge in [-0.2, -0.15) is 0 Å². The first kappa shape index (κ1) is 31.8. The molecule has 0 saturated carbocycles. The highest BCUT2D eigenvalue weighted by Crippen LogP contribution is 2.37. The third kappa shape index (κ3) is 7.44. The molecule has 12 heteroatoms. The SMILES string of the molecule is CCCOc1ccc(N2C(=O)NC(=O)/C(=C/c3cc(Br)c(OCC(=O)Nc4ccc(C)cc4C)c(Br)c3)C2=O)cc1OC. The molecular weight excluding hydrogens is 686 g/mol. The van der Waals surface area contributed by atoms with E-state index in [0.29, 0.717) is 44.1 Å². The Labute approximate surface area is 265 Å². The van der Waals surface area contributed by atoms with Crippen molar-refractivity contribution in [2.45, 2.75) is 27.2 Å². The Balaban J connectivity index is 1.53. The Morgan fingerprint density at radius 2 is 1.70 bits per heavy atom. The van der Waals surface area contributed by atoms with Gasteiger partial charge in [-0.1, -0.05) is 24.6 Å². The number of carbonyl (C=O) groups excluding carboxylic acids is 4. The number of hydrogen-bond donors (Lipinski definition) is 2. The minimum atomic E-state index is -0.887. The molecule has 1 aliphatic rings. The number of nitrogens with zero attached hydrogens (tertiary/aromatic N) is 1. The van der Waals surface area contributed by atoms with Crippen molar-refractivity contribution in [1.82, 2.24) is 5.32 Å². The van der Waals surface area contributed by atoms with E-state index in [0.717, 1.165) is 22.4 Å². The molecule has 2 N–H and O–H groups in total. The molecule has 3 aromatic carbocycles. The van der Waals surface area contributed by atoms with E-state index < -0.39 is 17.8 Å². The molecule has 0 aromatic heterocycles. The van der Waals surface area contributed by atoms with Crippen molar-refractivity contribution in [2.75, 3.05) is 30.5 Å². The molecule has 0 atom stereocenters. The fourth-order valence-corrected chi connectivity index (χ4v) is 5.71. The first-order valence-corrected chi connectivity index (χ1v) is 14.8. The quantitative estimate of drug-likeness (QED) is 0.186. The van der Waals surface area contributed by atoms with Gasteiger partial charge >= 0.3 is 6.03 Å². The monoisotopic (exact) mass is 713 g/mol. The van der Waals surface area contributed by atoms with Crippen molar-refractivity contribution in [1.29, 1.82) is 0 Å². The number of hydrogen-bond acceptors (Lipinski definition) is 7. The molecule has 1 saturated heterocycles. The number of amides is 5. The molecule has 0 unspecified atom stereocenters. The average molecular weight is 715 g/mol. The van der Waals surface area contributed by atoms with Crippen LogP contribution in [0.5, 0.6) is 17.2 Å². The van der Waals surface area contributed by atoms with E-state index in [1.807, 2.05) is 39.0 Å². The highest BCUT2D eigenvalue weighted by atomic mass is 79.9. The molecule has 0 spiro atoms. The number of nitrogens with one attached hydrogen (secondary N) is 2. The van der Waals surface area contributed by atoms with Crippen molar-refractivity contribution in [2.24, 2.45) is 0 Å². The van der Waals surface area contributed by atoms with Crippen LogP contribution in [0, 0.1) is 13.8 Å². The van der Waals surface area contributed by atoms with Crippen LogP contribution in [0.4, 0.5) is 16.2 Å². The number of imide groups is 2.